The quantitative estimate of drug-likeness (QED) is 0.905. The maximum atomic E-state index is 13.4. The lowest BCUT2D eigenvalue weighted by atomic mass is 10.0. The highest BCUT2D eigenvalue weighted by Gasteiger charge is 2.23. The second-order valence-electron chi connectivity index (χ2n) is 6.36. The van der Waals surface area contributed by atoms with Crippen molar-refractivity contribution in [3.63, 3.8) is 0 Å². The topological polar surface area (TPSA) is 15.3 Å². The van der Waals surface area contributed by atoms with Crippen LogP contribution in [-0.4, -0.2) is 30.6 Å². The van der Waals surface area contributed by atoms with E-state index in [2.05, 4.69) is 31.0 Å². The molecule has 0 radical (unpaired) electrons. The highest BCUT2D eigenvalue weighted by Crippen LogP contribution is 2.23. The van der Waals surface area contributed by atoms with Crippen molar-refractivity contribution in [1.29, 1.82) is 0 Å². The summed E-state index contributed by atoms with van der Waals surface area (Å²) >= 11 is 0. The summed E-state index contributed by atoms with van der Waals surface area (Å²) in [5.74, 6) is 0.568. The average molecular weight is 278 g/mol. The summed E-state index contributed by atoms with van der Waals surface area (Å²) in [4.78, 5) is 2.49. The minimum atomic E-state index is -0.138. The molecule has 2 nitrogen and oxygen atoms in total. The zero-order valence-corrected chi connectivity index (χ0v) is 12.9. The average Bonchev–Trinajstić information content (AvgIpc) is 2.62. The third kappa shape index (κ3) is 4.29. The van der Waals surface area contributed by atoms with E-state index in [0.29, 0.717) is 12.0 Å². The molecular weight excluding hydrogens is 251 g/mol. The van der Waals surface area contributed by atoms with E-state index in [-0.39, 0.29) is 11.9 Å². The Bertz CT molecular complexity index is 419. The van der Waals surface area contributed by atoms with Crippen LogP contribution >= 0.6 is 0 Å². The van der Waals surface area contributed by atoms with Gasteiger partial charge in [0.2, 0.25) is 0 Å². The Morgan fingerprint density at radius 3 is 2.85 bits per heavy atom. The maximum absolute atomic E-state index is 13.4. The van der Waals surface area contributed by atoms with Crippen LogP contribution in [0.4, 0.5) is 4.39 Å². The molecule has 1 fully saturated rings. The van der Waals surface area contributed by atoms with Gasteiger partial charge in [0.1, 0.15) is 5.82 Å². The SMILES string of the molecule is CC(C)CC1CN(C(C)c2cccc(F)c2)CCCN1. The standard InChI is InChI=1S/C17H27FN2/c1-13(2)10-17-12-20(9-5-8-19-17)14(3)15-6-4-7-16(18)11-15/h4,6-7,11,13-14,17,19H,5,8-10,12H2,1-3H3. The molecule has 1 aromatic rings. The molecule has 0 amide bonds. The van der Waals surface area contributed by atoms with Crippen molar-refractivity contribution < 1.29 is 4.39 Å². The summed E-state index contributed by atoms with van der Waals surface area (Å²) < 4.78 is 13.4. The van der Waals surface area contributed by atoms with Gasteiger partial charge in [-0.3, -0.25) is 4.90 Å². The van der Waals surface area contributed by atoms with Gasteiger partial charge in [-0.05, 0) is 49.9 Å². The lowest BCUT2D eigenvalue weighted by Gasteiger charge is -2.31. The van der Waals surface area contributed by atoms with E-state index in [0.717, 1.165) is 31.6 Å². The van der Waals surface area contributed by atoms with Gasteiger partial charge in [0.25, 0.3) is 0 Å². The van der Waals surface area contributed by atoms with Crippen molar-refractivity contribution in [2.45, 2.75) is 45.7 Å². The van der Waals surface area contributed by atoms with Gasteiger partial charge in [0.15, 0.2) is 0 Å². The predicted molar refractivity (Wildman–Crippen MR) is 82.3 cm³/mol. The number of nitrogens with one attached hydrogen (secondary N) is 1. The molecular formula is C17H27FN2. The Balaban J connectivity index is 2.05. The van der Waals surface area contributed by atoms with Gasteiger partial charge in [-0.1, -0.05) is 26.0 Å². The Kier molecular flexibility index (Phi) is 5.55. The van der Waals surface area contributed by atoms with Crippen LogP contribution in [0.2, 0.25) is 0 Å². The van der Waals surface area contributed by atoms with Crippen molar-refractivity contribution >= 4 is 0 Å². The van der Waals surface area contributed by atoms with Crippen molar-refractivity contribution in [1.82, 2.24) is 10.2 Å². The molecule has 1 aliphatic heterocycles. The minimum absolute atomic E-state index is 0.138. The van der Waals surface area contributed by atoms with Gasteiger partial charge < -0.3 is 5.32 Å². The van der Waals surface area contributed by atoms with Crippen LogP contribution in [0, 0.1) is 11.7 Å². The minimum Gasteiger partial charge on any atom is -0.313 e. The molecule has 1 heterocycles. The normalized spacial score (nSPS) is 22.8. The summed E-state index contributed by atoms with van der Waals surface area (Å²) in [6.07, 6.45) is 2.36. The first-order valence-corrected chi connectivity index (χ1v) is 7.79. The first-order chi connectivity index (χ1) is 9.56. The summed E-state index contributed by atoms with van der Waals surface area (Å²) in [5, 5.41) is 3.64. The van der Waals surface area contributed by atoms with E-state index in [1.54, 1.807) is 6.07 Å². The maximum Gasteiger partial charge on any atom is 0.123 e. The molecule has 0 spiro atoms. The number of hydrogen-bond acceptors (Lipinski definition) is 2. The second-order valence-corrected chi connectivity index (χ2v) is 6.36. The van der Waals surface area contributed by atoms with Crippen LogP contribution in [0.25, 0.3) is 0 Å². The highest BCUT2D eigenvalue weighted by atomic mass is 19.1. The number of rotatable bonds is 4. The van der Waals surface area contributed by atoms with Gasteiger partial charge in [-0.25, -0.2) is 4.39 Å². The third-order valence-electron chi connectivity index (χ3n) is 4.14. The summed E-state index contributed by atoms with van der Waals surface area (Å²) in [6.45, 7) is 9.95. The second kappa shape index (κ2) is 7.19. The fourth-order valence-corrected chi connectivity index (χ4v) is 3.08. The van der Waals surface area contributed by atoms with E-state index in [1.165, 1.54) is 12.5 Å². The third-order valence-corrected chi connectivity index (χ3v) is 4.14. The van der Waals surface area contributed by atoms with E-state index >= 15 is 0 Å². The van der Waals surface area contributed by atoms with Gasteiger partial charge >= 0.3 is 0 Å². The van der Waals surface area contributed by atoms with E-state index in [1.807, 2.05) is 12.1 Å². The monoisotopic (exact) mass is 278 g/mol. The van der Waals surface area contributed by atoms with Crippen LogP contribution in [0.15, 0.2) is 24.3 Å². The number of nitrogens with zero attached hydrogens (tertiary/aromatic N) is 1. The van der Waals surface area contributed by atoms with Crippen LogP contribution in [0.1, 0.15) is 45.2 Å². The molecule has 112 valence electrons. The zero-order chi connectivity index (χ0) is 14.5. The fourth-order valence-electron chi connectivity index (χ4n) is 3.08. The van der Waals surface area contributed by atoms with Gasteiger partial charge in [-0.15, -0.1) is 0 Å². The number of halogens is 1. The van der Waals surface area contributed by atoms with Crippen molar-refractivity contribution in [2.75, 3.05) is 19.6 Å². The van der Waals surface area contributed by atoms with Gasteiger partial charge in [-0.2, -0.15) is 0 Å². The van der Waals surface area contributed by atoms with E-state index < -0.39 is 0 Å². The van der Waals surface area contributed by atoms with Crippen molar-refractivity contribution in [3.05, 3.63) is 35.6 Å². The Labute approximate surface area is 122 Å². The molecule has 0 bridgehead atoms. The molecule has 2 unspecified atom stereocenters. The van der Waals surface area contributed by atoms with Crippen molar-refractivity contribution in [3.8, 4) is 0 Å². The zero-order valence-electron chi connectivity index (χ0n) is 12.9. The Morgan fingerprint density at radius 2 is 2.15 bits per heavy atom. The van der Waals surface area contributed by atoms with Crippen LogP contribution < -0.4 is 5.32 Å². The lowest BCUT2D eigenvalue weighted by Crippen LogP contribution is -2.39. The smallest absolute Gasteiger partial charge is 0.123 e. The van der Waals surface area contributed by atoms with Gasteiger partial charge in [0, 0.05) is 25.2 Å². The molecule has 2 atom stereocenters. The van der Waals surface area contributed by atoms with Gasteiger partial charge in [0.05, 0.1) is 0 Å². The molecule has 1 N–H and O–H groups in total. The summed E-state index contributed by atoms with van der Waals surface area (Å²) in [5.41, 5.74) is 1.08. The summed E-state index contributed by atoms with van der Waals surface area (Å²) in [7, 11) is 0. The first kappa shape index (κ1) is 15.5. The van der Waals surface area contributed by atoms with Crippen LogP contribution in [0.5, 0.6) is 0 Å². The fraction of sp³-hybridized carbons (Fsp3) is 0.647. The molecule has 1 aromatic carbocycles. The molecule has 1 aliphatic rings. The van der Waals surface area contributed by atoms with E-state index in [4.69, 9.17) is 0 Å². The molecule has 3 heteroatoms. The predicted octanol–water partition coefficient (Wildman–Crippen LogP) is 3.60. The molecule has 2 rings (SSSR count). The van der Waals surface area contributed by atoms with E-state index in [9.17, 15) is 4.39 Å². The van der Waals surface area contributed by atoms with Crippen LogP contribution in [0.3, 0.4) is 0 Å². The molecule has 0 aromatic heterocycles. The largest absolute Gasteiger partial charge is 0.313 e. The molecule has 1 saturated heterocycles. The Morgan fingerprint density at radius 1 is 1.35 bits per heavy atom. The molecule has 0 saturated carbocycles. The highest BCUT2D eigenvalue weighted by molar-refractivity contribution is 5.19. The lowest BCUT2D eigenvalue weighted by molar-refractivity contribution is 0.199. The number of hydrogen-bond donors (Lipinski definition) is 1. The number of benzene rings is 1. The molecule has 0 aliphatic carbocycles. The van der Waals surface area contributed by atoms with Crippen molar-refractivity contribution in [2.24, 2.45) is 5.92 Å². The van der Waals surface area contributed by atoms with Crippen LogP contribution in [-0.2, 0) is 0 Å². The first-order valence-electron chi connectivity index (χ1n) is 7.79. The molecule has 20 heavy (non-hydrogen) atoms. The summed E-state index contributed by atoms with van der Waals surface area (Å²) in [6, 6.07) is 7.85. The Hall–Kier alpha value is -0.930.